The van der Waals surface area contributed by atoms with Gasteiger partial charge in [-0.15, -0.1) is 0 Å². The predicted octanol–water partition coefficient (Wildman–Crippen LogP) is 5.69. The van der Waals surface area contributed by atoms with E-state index in [4.69, 9.17) is 16.3 Å². The number of rotatable bonds is 4. The zero-order valence-corrected chi connectivity index (χ0v) is 15.4. The van der Waals surface area contributed by atoms with Crippen LogP contribution in [0.1, 0.15) is 44.4 Å². The maximum Gasteiger partial charge on any atom is 0.307 e. The third-order valence-corrected chi connectivity index (χ3v) is 4.24. The number of hydrogen-bond donors (Lipinski definition) is 1. The zero-order chi connectivity index (χ0) is 18.0. The molecule has 1 heterocycles. The first-order valence-corrected chi connectivity index (χ1v) is 8.74. The molecular formula is C21H22ClNO2. The summed E-state index contributed by atoms with van der Waals surface area (Å²) in [4.78, 5) is 15.9. The minimum Gasteiger partial charge on any atom is -0.460 e. The van der Waals surface area contributed by atoms with E-state index in [1.165, 1.54) is 0 Å². The number of carbonyl (C=O) groups excluding carboxylic acids is 1. The molecule has 0 saturated heterocycles. The average molecular weight is 356 g/mol. The Morgan fingerprint density at radius 2 is 1.80 bits per heavy atom. The molecule has 3 rings (SSSR count). The van der Waals surface area contributed by atoms with Gasteiger partial charge in [0.05, 0.1) is 6.42 Å². The lowest BCUT2D eigenvalue weighted by molar-refractivity contribution is -0.155. The number of para-hydroxylation sites is 1. The van der Waals surface area contributed by atoms with Crippen LogP contribution in [0.2, 0.25) is 5.02 Å². The van der Waals surface area contributed by atoms with Gasteiger partial charge < -0.3 is 9.72 Å². The summed E-state index contributed by atoms with van der Waals surface area (Å²) < 4.78 is 5.53. The summed E-state index contributed by atoms with van der Waals surface area (Å²) in [6.07, 6.45) is 0.270. The topological polar surface area (TPSA) is 42.1 Å². The van der Waals surface area contributed by atoms with E-state index < -0.39 is 5.60 Å². The highest BCUT2D eigenvalue weighted by atomic mass is 35.5. The molecule has 130 valence electrons. The number of aromatic amines is 1. The number of carbonyl (C=O) groups is 1. The highest BCUT2D eigenvalue weighted by Crippen LogP contribution is 2.31. The summed E-state index contributed by atoms with van der Waals surface area (Å²) in [6, 6.07) is 17.8. The van der Waals surface area contributed by atoms with E-state index in [0.29, 0.717) is 5.02 Å². The molecule has 0 saturated carbocycles. The van der Waals surface area contributed by atoms with Crippen LogP contribution in [0, 0.1) is 0 Å². The quantitative estimate of drug-likeness (QED) is 0.611. The molecule has 2 aromatic carbocycles. The second kappa shape index (κ2) is 6.93. The van der Waals surface area contributed by atoms with E-state index in [0.717, 1.165) is 22.2 Å². The predicted molar refractivity (Wildman–Crippen MR) is 102 cm³/mol. The number of ether oxygens (including phenoxy) is 1. The number of halogens is 1. The van der Waals surface area contributed by atoms with Crippen LogP contribution in [0.5, 0.6) is 0 Å². The van der Waals surface area contributed by atoms with Crippen LogP contribution in [0.25, 0.3) is 10.9 Å². The lowest BCUT2D eigenvalue weighted by Crippen LogP contribution is -2.25. The Morgan fingerprint density at radius 1 is 1.12 bits per heavy atom. The number of benzene rings is 2. The third-order valence-electron chi connectivity index (χ3n) is 3.99. The molecule has 0 spiro atoms. The van der Waals surface area contributed by atoms with Crippen molar-refractivity contribution in [3.8, 4) is 0 Å². The third kappa shape index (κ3) is 4.43. The first-order valence-electron chi connectivity index (χ1n) is 8.37. The minimum absolute atomic E-state index is 0.112. The normalized spacial score (nSPS) is 13.0. The average Bonchev–Trinajstić information content (AvgIpc) is 2.95. The summed E-state index contributed by atoms with van der Waals surface area (Å²) in [7, 11) is 0. The molecule has 25 heavy (non-hydrogen) atoms. The highest BCUT2D eigenvalue weighted by Gasteiger charge is 2.24. The molecule has 1 aromatic heterocycles. The van der Waals surface area contributed by atoms with E-state index in [-0.39, 0.29) is 18.3 Å². The molecule has 1 unspecified atom stereocenters. The molecule has 0 amide bonds. The number of nitrogens with one attached hydrogen (secondary N) is 1. The maximum absolute atomic E-state index is 12.4. The Bertz CT molecular complexity index is 842. The van der Waals surface area contributed by atoms with Gasteiger partial charge in [0, 0.05) is 22.2 Å². The van der Waals surface area contributed by atoms with Crippen molar-refractivity contribution in [1.29, 1.82) is 0 Å². The summed E-state index contributed by atoms with van der Waals surface area (Å²) >= 11 is 6.02. The van der Waals surface area contributed by atoms with Crippen molar-refractivity contribution in [2.24, 2.45) is 0 Å². The van der Waals surface area contributed by atoms with Gasteiger partial charge in [-0.05, 0) is 56.0 Å². The lowest BCUT2D eigenvalue weighted by Gasteiger charge is -2.22. The Morgan fingerprint density at radius 3 is 2.44 bits per heavy atom. The largest absolute Gasteiger partial charge is 0.460 e. The van der Waals surface area contributed by atoms with E-state index in [9.17, 15) is 4.79 Å². The molecular weight excluding hydrogens is 334 g/mol. The zero-order valence-electron chi connectivity index (χ0n) is 14.7. The Hall–Kier alpha value is -2.26. The van der Waals surface area contributed by atoms with Crippen LogP contribution in [0.15, 0.2) is 54.6 Å². The van der Waals surface area contributed by atoms with Crippen LogP contribution < -0.4 is 0 Å². The van der Waals surface area contributed by atoms with Crippen molar-refractivity contribution < 1.29 is 9.53 Å². The number of hydrogen-bond acceptors (Lipinski definition) is 2. The molecule has 0 fully saturated rings. The van der Waals surface area contributed by atoms with Crippen molar-refractivity contribution in [3.05, 3.63) is 70.9 Å². The van der Waals surface area contributed by atoms with Crippen LogP contribution in [-0.4, -0.2) is 16.6 Å². The first kappa shape index (κ1) is 17.6. The standard InChI is InChI=1S/C21H22ClNO2/c1-21(2,3)25-20(24)13-17(14-8-10-16(22)11-9-14)19-12-15-6-4-5-7-18(15)23-19/h4-12,17,23H,13H2,1-3H3. The summed E-state index contributed by atoms with van der Waals surface area (Å²) in [5.74, 6) is -0.328. The Labute approximate surface area is 153 Å². The van der Waals surface area contributed by atoms with Gasteiger partial charge >= 0.3 is 5.97 Å². The fourth-order valence-corrected chi connectivity index (χ4v) is 3.06. The summed E-state index contributed by atoms with van der Waals surface area (Å²) in [6.45, 7) is 5.64. The van der Waals surface area contributed by atoms with Gasteiger partial charge in [-0.1, -0.05) is 41.9 Å². The van der Waals surface area contributed by atoms with Gasteiger partial charge in [0.1, 0.15) is 5.60 Å². The minimum atomic E-state index is -0.498. The molecule has 0 aliphatic rings. The van der Waals surface area contributed by atoms with E-state index in [1.54, 1.807) is 0 Å². The van der Waals surface area contributed by atoms with Crippen molar-refractivity contribution in [2.75, 3.05) is 0 Å². The van der Waals surface area contributed by atoms with Crippen LogP contribution in [0.4, 0.5) is 0 Å². The van der Waals surface area contributed by atoms with Gasteiger partial charge in [-0.2, -0.15) is 0 Å². The SMILES string of the molecule is CC(C)(C)OC(=O)CC(c1ccc(Cl)cc1)c1cc2ccccc2[nH]1. The van der Waals surface area contributed by atoms with Crippen molar-refractivity contribution in [3.63, 3.8) is 0 Å². The van der Waals surface area contributed by atoms with Gasteiger partial charge in [-0.25, -0.2) is 0 Å². The molecule has 0 aliphatic carbocycles. The van der Waals surface area contributed by atoms with Gasteiger partial charge in [0.25, 0.3) is 0 Å². The molecule has 3 nitrogen and oxygen atoms in total. The Kier molecular flexibility index (Phi) is 4.87. The summed E-state index contributed by atoms with van der Waals surface area (Å²) in [5, 5.41) is 1.80. The van der Waals surface area contributed by atoms with Gasteiger partial charge in [0.15, 0.2) is 0 Å². The van der Waals surface area contributed by atoms with E-state index >= 15 is 0 Å². The number of fused-ring (bicyclic) bond motifs is 1. The Balaban J connectivity index is 1.96. The first-order chi connectivity index (χ1) is 11.8. The van der Waals surface area contributed by atoms with Crippen LogP contribution in [0.3, 0.4) is 0 Å². The second-order valence-corrected chi connectivity index (χ2v) is 7.64. The monoisotopic (exact) mass is 355 g/mol. The summed E-state index contributed by atoms with van der Waals surface area (Å²) in [5.41, 5.74) is 2.58. The van der Waals surface area contributed by atoms with Crippen LogP contribution >= 0.6 is 11.6 Å². The highest BCUT2D eigenvalue weighted by molar-refractivity contribution is 6.30. The molecule has 1 atom stereocenters. The molecule has 0 radical (unpaired) electrons. The van der Waals surface area contributed by atoms with Crippen LogP contribution in [-0.2, 0) is 9.53 Å². The maximum atomic E-state index is 12.4. The van der Waals surface area contributed by atoms with Gasteiger partial charge in [-0.3, -0.25) is 4.79 Å². The fraction of sp³-hybridized carbons (Fsp3) is 0.286. The molecule has 0 bridgehead atoms. The number of aromatic nitrogens is 1. The van der Waals surface area contributed by atoms with E-state index in [1.807, 2.05) is 63.2 Å². The second-order valence-electron chi connectivity index (χ2n) is 7.21. The smallest absolute Gasteiger partial charge is 0.307 e. The van der Waals surface area contributed by atoms with E-state index in [2.05, 4.69) is 17.1 Å². The van der Waals surface area contributed by atoms with Crippen molar-refractivity contribution in [1.82, 2.24) is 4.98 Å². The number of H-pyrrole nitrogens is 1. The lowest BCUT2D eigenvalue weighted by atomic mass is 9.92. The van der Waals surface area contributed by atoms with Crippen molar-refractivity contribution in [2.45, 2.75) is 38.7 Å². The molecule has 0 aliphatic heterocycles. The fourth-order valence-electron chi connectivity index (χ4n) is 2.94. The number of esters is 1. The van der Waals surface area contributed by atoms with Crippen molar-refractivity contribution >= 4 is 28.5 Å². The molecule has 3 aromatic rings. The molecule has 4 heteroatoms. The van der Waals surface area contributed by atoms with Gasteiger partial charge in [0.2, 0.25) is 0 Å². The molecule has 1 N–H and O–H groups in total.